The van der Waals surface area contributed by atoms with Gasteiger partial charge in [-0.2, -0.15) is 5.26 Å². The highest BCUT2D eigenvalue weighted by atomic mass is 32.1. The molecule has 1 aromatic heterocycles. The zero-order valence-electron chi connectivity index (χ0n) is 15.3. The van der Waals surface area contributed by atoms with E-state index in [1.165, 1.54) is 10.4 Å². The van der Waals surface area contributed by atoms with Crippen molar-refractivity contribution in [1.82, 2.24) is 9.80 Å². The first-order valence-electron chi connectivity index (χ1n) is 9.06. The highest BCUT2D eigenvalue weighted by Gasteiger charge is 2.28. The van der Waals surface area contributed by atoms with Gasteiger partial charge in [0.15, 0.2) is 0 Å². The minimum Gasteiger partial charge on any atom is -0.335 e. The molecule has 1 unspecified atom stereocenters. The number of thiophene rings is 1. The van der Waals surface area contributed by atoms with Crippen molar-refractivity contribution < 1.29 is 4.79 Å². The van der Waals surface area contributed by atoms with E-state index in [1.807, 2.05) is 4.90 Å². The molecule has 2 heterocycles. The molecule has 0 aliphatic carbocycles. The molecule has 0 radical (unpaired) electrons. The van der Waals surface area contributed by atoms with Crippen LogP contribution in [-0.2, 0) is 12.8 Å². The van der Waals surface area contributed by atoms with Crippen LogP contribution in [0.15, 0.2) is 6.07 Å². The predicted octanol–water partition coefficient (Wildman–Crippen LogP) is 3.57. The Balaban J connectivity index is 2.01. The molecule has 0 saturated carbocycles. The Labute approximate surface area is 150 Å². The van der Waals surface area contributed by atoms with Crippen molar-refractivity contribution in [1.29, 1.82) is 5.26 Å². The first kappa shape index (κ1) is 19.0. The number of hydrogen-bond acceptors (Lipinski definition) is 4. The van der Waals surface area contributed by atoms with E-state index in [2.05, 4.69) is 44.7 Å². The standard InChI is InChI=1S/C19H29N3OS/c1-5-7-17-15(6-2)12-18(24-17)19(23)22-10-8-21(9-11-22)16(13-20)14(3)4/h12,14,16H,5-11H2,1-4H3. The van der Waals surface area contributed by atoms with Gasteiger partial charge < -0.3 is 4.90 Å². The maximum absolute atomic E-state index is 12.8. The van der Waals surface area contributed by atoms with Gasteiger partial charge in [-0.25, -0.2) is 0 Å². The summed E-state index contributed by atoms with van der Waals surface area (Å²) in [5.41, 5.74) is 1.33. The monoisotopic (exact) mass is 347 g/mol. The molecule has 1 aliphatic rings. The molecule has 1 saturated heterocycles. The second-order valence-electron chi connectivity index (χ2n) is 6.81. The maximum atomic E-state index is 12.8. The van der Waals surface area contributed by atoms with Crippen molar-refractivity contribution in [3.8, 4) is 6.07 Å². The molecule has 132 valence electrons. The number of carbonyl (C=O) groups excluding carboxylic acids is 1. The second-order valence-corrected chi connectivity index (χ2v) is 7.95. The fourth-order valence-corrected chi connectivity index (χ4v) is 4.64. The van der Waals surface area contributed by atoms with E-state index < -0.39 is 0 Å². The Hall–Kier alpha value is -1.38. The van der Waals surface area contributed by atoms with Gasteiger partial charge in [-0.3, -0.25) is 9.69 Å². The molecule has 1 amide bonds. The first-order chi connectivity index (χ1) is 11.5. The Morgan fingerprint density at radius 3 is 2.46 bits per heavy atom. The van der Waals surface area contributed by atoms with E-state index in [-0.39, 0.29) is 11.9 Å². The average molecular weight is 348 g/mol. The first-order valence-corrected chi connectivity index (χ1v) is 9.87. The van der Waals surface area contributed by atoms with Crippen molar-refractivity contribution in [2.45, 2.75) is 53.0 Å². The normalized spacial score (nSPS) is 17.1. The van der Waals surface area contributed by atoms with Gasteiger partial charge in [0.2, 0.25) is 0 Å². The van der Waals surface area contributed by atoms with Gasteiger partial charge in [-0.1, -0.05) is 34.1 Å². The molecule has 5 heteroatoms. The van der Waals surface area contributed by atoms with Gasteiger partial charge in [0.25, 0.3) is 5.91 Å². The van der Waals surface area contributed by atoms with Crippen LogP contribution < -0.4 is 0 Å². The Morgan fingerprint density at radius 2 is 1.96 bits per heavy atom. The number of piperazine rings is 1. The maximum Gasteiger partial charge on any atom is 0.264 e. The molecule has 4 nitrogen and oxygen atoms in total. The van der Waals surface area contributed by atoms with Crippen molar-refractivity contribution in [2.75, 3.05) is 26.2 Å². The Kier molecular flexibility index (Phi) is 6.82. The zero-order chi connectivity index (χ0) is 17.7. The van der Waals surface area contributed by atoms with E-state index in [0.717, 1.165) is 37.2 Å². The van der Waals surface area contributed by atoms with Crippen LogP contribution in [0.25, 0.3) is 0 Å². The molecule has 0 spiro atoms. The summed E-state index contributed by atoms with van der Waals surface area (Å²) in [6.45, 7) is 11.5. The van der Waals surface area contributed by atoms with Crippen molar-refractivity contribution in [3.63, 3.8) is 0 Å². The lowest BCUT2D eigenvalue weighted by Gasteiger charge is -2.38. The van der Waals surface area contributed by atoms with Crippen molar-refractivity contribution in [3.05, 3.63) is 21.4 Å². The van der Waals surface area contributed by atoms with Crippen LogP contribution in [0.5, 0.6) is 0 Å². The second kappa shape index (κ2) is 8.64. The lowest BCUT2D eigenvalue weighted by Crippen LogP contribution is -2.52. The summed E-state index contributed by atoms with van der Waals surface area (Å²) in [4.78, 5) is 19.2. The molecule has 1 aromatic rings. The summed E-state index contributed by atoms with van der Waals surface area (Å²) in [5, 5.41) is 9.34. The number of hydrogen-bond donors (Lipinski definition) is 0. The molecule has 2 rings (SSSR count). The van der Waals surface area contributed by atoms with Gasteiger partial charge in [0.1, 0.15) is 6.04 Å². The fourth-order valence-electron chi connectivity index (χ4n) is 3.32. The molecule has 1 fully saturated rings. The number of nitriles is 1. The number of carbonyl (C=O) groups is 1. The molecule has 24 heavy (non-hydrogen) atoms. The lowest BCUT2D eigenvalue weighted by molar-refractivity contribution is 0.0581. The third-order valence-corrected chi connectivity index (χ3v) is 5.95. The number of amides is 1. The third-order valence-electron chi connectivity index (χ3n) is 4.72. The molecule has 1 aliphatic heterocycles. The smallest absolute Gasteiger partial charge is 0.264 e. The van der Waals surface area contributed by atoms with E-state index in [9.17, 15) is 10.1 Å². The minimum atomic E-state index is -0.0492. The summed E-state index contributed by atoms with van der Waals surface area (Å²) >= 11 is 1.67. The predicted molar refractivity (Wildman–Crippen MR) is 99.4 cm³/mol. The van der Waals surface area contributed by atoms with Gasteiger partial charge >= 0.3 is 0 Å². The number of nitrogens with zero attached hydrogens (tertiary/aromatic N) is 3. The van der Waals surface area contributed by atoms with Gasteiger partial charge in [0, 0.05) is 31.1 Å². The minimum absolute atomic E-state index is 0.0492. The van der Waals surface area contributed by atoms with Crippen LogP contribution in [0, 0.1) is 17.2 Å². The zero-order valence-corrected chi connectivity index (χ0v) is 16.2. The van der Waals surface area contributed by atoms with E-state index in [4.69, 9.17) is 0 Å². The Bertz CT molecular complexity index is 594. The highest BCUT2D eigenvalue weighted by Crippen LogP contribution is 2.26. The van der Waals surface area contributed by atoms with Crippen molar-refractivity contribution >= 4 is 17.2 Å². The Morgan fingerprint density at radius 1 is 1.29 bits per heavy atom. The molecule has 1 atom stereocenters. The van der Waals surface area contributed by atoms with E-state index in [1.54, 1.807) is 11.3 Å². The lowest BCUT2D eigenvalue weighted by atomic mass is 10.0. The molecule has 0 bridgehead atoms. The van der Waals surface area contributed by atoms with Crippen LogP contribution in [-0.4, -0.2) is 47.9 Å². The summed E-state index contributed by atoms with van der Waals surface area (Å²) in [7, 11) is 0. The molecule has 0 aromatic carbocycles. The number of aryl methyl sites for hydroxylation is 2. The SMILES string of the molecule is CCCc1sc(C(=O)N2CCN(C(C#N)C(C)C)CC2)cc1CC. The summed E-state index contributed by atoms with van der Waals surface area (Å²) < 4.78 is 0. The van der Waals surface area contributed by atoms with Gasteiger partial charge in [-0.15, -0.1) is 11.3 Å². The van der Waals surface area contributed by atoms with Gasteiger partial charge in [0.05, 0.1) is 10.9 Å². The summed E-state index contributed by atoms with van der Waals surface area (Å²) in [5.74, 6) is 0.480. The summed E-state index contributed by atoms with van der Waals surface area (Å²) in [6.07, 6.45) is 3.17. The molecular weight excluding hydrogens is 318 g/mol. The van der Waals surface area contributed by atoms with Crippen LogP contribution in [0.3, 0.4) is 0 Å². The van der Waals surface area contributed by atoms with Crippen molar-refractivity contribution in [2.24, 2.45) is 5.92 Å². The quantitative estimate of drug-likeness (QED) is 0.790. The molecule has 0 N–H and O–H groups in total. The number of rotatable bonds is 6. The van der Waals surface area contributed by atoms with Gasteiger partial charge in [-0.05, 0) is 30.4 Å². The fraction of sp³-hybridized carbons (Fsp3) is 0.684. The van der Waals surface area contributed by atoms with E-state index >= 15 is 0 Å². The van der Waals surface area contributed by atoms with Crippen LogP contribution in [0.4, 0.5) is 0 Å². The average Bonchev–Trinajstić information content (AvgIpc) is 2.98. The largest absolute Gasteiger partial charge is 0.335 e. The van der Waals surface area contributed by atoms with E-state index in [0.29, 0.717) is 19.0 Å². The highest BCUT2D eigenvalue weighted by molar-refractivity contribution is 7.14. The van der Waals surface area contributed by atoms with Crippen LogP contribution >= 0.6 is 11.3 Å². The van der Waals surface area contributed by atoms with Crippen LogP contribution in [0.1, 0.15) is 54.2 Å². The van der Waals surface area contributed by atoms with Crippen LogP contribution in [0.2, 0.25) is 0 Å². The summed E-state index contributed by atoms with van der Waals surface area (Å²) in [6, 6.07) is 4.45. The third kappa shape index (κ3) is 4.17. The molecular formula is C19H29N3OS. The topological polar surface area (TPSA) is 47.3 Å².